The van der Waals surface area contributed by atoms with Crippen molar-refractivity contribution in [2.75, 3.05) is 6.54 Å². The maximum Gasteiger partial charge on any atom is 0.223 e. The summed E-state index contributed by atoms with van der Waals surface area (Å²) in [5, 5.41) is 13.0. The number of aliphatic hydroxyl groups is 1. The molecule has 0 aromatic carbocycles. The number of hydrogen-bond donors (Lipinski definition) is 3. The quantitative estimate of drug-likeness (QED) is 0.749. The summed E-state index contributed by atoms with van der Waals surface area (Å²) >= 11 is 0. The Hall–Kier alpha value is -1.36. The van der Waals surface area contributed by atoms with E-state index >= 15 is 0 Å². The van der Waals surface area contributed by atoms with Crippen LogP contribution in [0.3, 0.4) is 0 Å². The molecule has 1 aromatic heterocycles. The summed E-state index contributed by atoms with van der Waals surface area (Å²) in [5.41, 5.74) is 1.04. The van der Waals surface area contributed by atoms with E-state index in [1.54, 1.807) is 12.5 Å². The number of aromatic amines is 1. The van der Waals surface area contributed by atoms with E-state index in [1.165, 1.54) is 32.1 Å². The molecule has 1 aromatic rings. The first-order valence-corrected chi connectivity index (χ1v) is 8.18. The van der Waals surface area contributed by atoms with Crippen LogP contribution in [0, 0.1) is 11.8 Å². The van der Waals surface area contributed by atoms with Gasteiger partial charge in [0.15, 0.2) is 0 Å². The first-order valence-electron chi connectivity index (χ1n) is 8.18. The summed E-state index contributed by atoms with van der Waals surface area (Å²) in [5.74, 6) is 1.04. The fourth-order valence-electron chi connectivity index (χ4n) is 3.54. The summed E-state index contributed by atoms with van der Waals surface area (Å²) in [7, 11) is 0. The van der Waals surface area contributed by atoms with Crippen molar-refractivity contribution in [2.45, 2.75) is 57.0 Å². The maximum atomic E-state index is 12.1. The van der Waals surface area contributed by atoms with Crippen molar-refractivity contribution in [3.63, 3.8) is 0 Å². The van der Waals surface area contributed by atoms with Gasteiger partial charge < -0.3 is 15.4 Å². The predicted octanol–water partition coefficient (Wildman–Crippen LogP) is 1.96. The molecule has 5 heteroatoms. The molecule has 0 bridgehead atoms. The van der Waals surface area contributed by atoms with Crippen molar-refractivity contribution >= 4 is 5.91 Å². The van der Waals surface area contributed by atoms with E-state index in [0.29, 0.717) is 12.5 Å². The number of amides is 1. The molecule has 2 saturated carbocycles. The van der Waals surface area contributed by atoms with Crippen molar-refractivity contribution in [1.82, 2.24) is 15.3 Å². The van der Waals surface area contributed by atoms with Crippen LogP contribution in [0.2, 0.25) is 0 Å². The largest absolute Gasteiger partial charge is 0.391 e. The maximum absolute atomic E-state index is 12.1. The molecule has 3 rings (SSSR count). The molecule has 2 aliphatic carbocycles. The third-order valence-corrected chi connectivity index (χ3v) is 4.89. The van der Waals surface area contributed by atoms with Gasteiger partial charge in [-0.1, -0.05) is 32.1 Å². The van der Waals surface area contributed by atoms with E-state index in [-0.39, 0.29) is 17.7 Å². The molecule has 1 heterocycles. The highest BCUT2D eigenvalue weighted by Crippen LogP contribution is 2.46. The second-order valence-electron chi connectivity index (χ2n) is 6.59. The predicted molar refractivity (Wildman–Crippen MR) is 79.6 cm³/mol. The summed E-state index contributed by atoms with van der Waals surface area (Å²) in [4.78, 5) is 19.1. The third kappa shape index (κ3) is 3.84. The average Bonchev–Trinajstić information content (AvgIpc) is 3.11. The van der Waals surface area contributed by atoms with Crippen LogP contribution >= 0.6 is 0 Å². The van der Waals surface area contributed by atoms with Gasteiger partial charge >= 0.3 is 0 Å². The van der Waals surface area contributed by atoms with Crippen LogP contribution < -0.4 is 5.32 Å². The van der Waals surface area contributed by atoms with Crippen LogP contribution in [0.1, 0.15) is 56.6 Å². The molecule has 0 spiro atoms. The average molecular weight is 291 g/mol. The molecule has 3 N–H and O–H groups in total. The van der Waals surface area contributed by atoms with Gasteiger partial charge in [-0.05, 0) is 18.8 Å². The Morgan fingerprint density at radius 3 is 2.95 bits per heavy atom. The summed E-state index contributed by atoms with van der Waals surface area (Å²) < 4.78 is 0. The Labute approximate surface area is 125 Å². The first kappa shape index (κ1) is 14.6. The van der Waals surface area contributed by atoms with E-state index in [9.17, 15) is 9.90 Å². The lowest BCUT2D eigenvalue weighted by atomic mass is 9.85. The lowest BCUT2D eigenvalue weighted by Crippen LogP contribution is -2.34. The van der Waals surface area contributed by atoms with Gasteiger partial charge in [-0.2, -0.15) is 0 Å². The van der Waals surface area contributed by atoms with Crippen LogP contribution in [0.4, 0.5) is 0 Å². The normalized spacial score (nSPS) is 27.3. The highest BCUT2D eigenvalue weighted by molar-refractivity contribution is 5.82. The molecular formula is C16H25N3O2. The molecule has 1 amide bonds. The molecule has 5 nitrogen and oxygen atoms in total. The van der Waals surface area contributed by atoms with E-state index in [4.69, 9.17) is 0 Å². The van der Waals surface area contributed by atoms with Gasteiger partial charge in [-0.3, -0.25) is 4.79 Å². The van der Waals surface area contributed by atoms with E-state index in [0.717, 1.165) is 18.5 Å². The van der Waals surface area contributed by atoms with Crippen LogP contribution in [0.15, 0.2) is 12.5 Å². The van der Waals surface area contributed by atoms with Crippen molar-refractivity contribution in [1.29, 1.82) is 0 Å². The summed E-state index contributed by atoms with van der Waals surface area (Å²) in [6.45, 7) is 0.390. The number of rotatable bonds is 6. The zero-order chi connectivity index (χ0) is 14.7. The van der Waals surface area contributed by atoms with Gasteiger partial charge in [0.2, 0.25) is 5.91 Å². The Morgan fingerprint density at radius 1 is 1.43 bits per heavy atom. The van der Waals surface area contributed by atoms with Gasteiger partial charge in [-0.25, -0.2) is 4.98 Å². The SMILES string of the molecule is O=C(NCC(O)CC1CCCCC1)C1CC1c1cnc[nH]1. The monoisotopic (exact) mass is 291 g/mol. The highest BCUT2D eigenvalue weighted by Gasteiger charge is 2.44. The van der Waals surface area contributed by atoms with Crippen molar-refractivity contribution in [2.24, 2.45) is 11.8 Å². The summed E-state index contributed by atoms with van der Waals surface area (Å²) in [6, 6.07) is 0. The molecule has 3 unspecified atom stereocenters. The van der Waals surface area contributed by atoms with Gasteiger partial charge in [0.1, 0.15) is 0 Å². The second-order valence-corrected chi connectivity index (χ2v) is 6.59. The second kappa shape index (κ2) is 6.60. The lowest BCUT2D eigenvalue weighted by Gasteiger charge is -2.24. The highest BCUT2D eigenvalue weighted by atomic mass is 16.3. The Balaban J connectivity index is 1.36. The van der Waals surface area contributed by atoms with Crippen LogP contribution in [0.25, 0.3) is 0 Å². The molecule has 0 saturated heterocycles. The molecular weight excluding hydrogens is 266 g/mol. The minimum absolute atomic E-state index is 0.0485. The molecule has 2 fully saturated rings. The topological polar surface area (TPSA) is 78.0 Å². The number of nitrogens with one attached hydrogen (secondary N) is 2. The first-order chi connectivity index (χ1) is 10.2. The number of carbonyl (C=O) groups excluding carboxylic acids is 1. The van der Waals surface area contributed by atoms with Crippen molar-refractivity contribution in [3.05, 3.63) is 18.2 Å². The van der Waals surface area contributed by atoms with Crippen LogP contribution in [0.5, 0.6) is 0 Å². The number of H-pyrrole nitrogens is 1. The van der Waals surface area contributed by atoms with E-state index in [1.807, 2.05) is 0 Å². The van der Waals surface area contributed by atoms with Crippen LogP contribution in [-0.4, -0.2) is 33.6 Å². The fourth-order valence-corrected chi connectivity index (χ4v) is 3.54. The van der Waals surface area contributed by atoms with Crippen molar-refractivity contribution < 1.29 is 9.90 Å². The van der Waals surface area contributed by atoms with Gasteiger partial charge in [-0.15, -0.1) is 0 Å². The molecule has 21 heavy (non-hydrogen) atoms. The third-order valence-electron chi connectivity index (χ3n) is 4.89. The zero-order valence-electron chi connectivity index (χ0n) is 12.4. The zero-order valence-corrected chi connectivity index (χ0v) is 12.4. The van der Waals surface area contributed by atoms with Gasteiger partial charge in [0.25, 0.3) is 0 Å². The number of nitrogens with zero attached hydrogens (tertiary/aromatic N) is 1. The number of aliphatic hydroxyl groups excluding tert-OH is 1. The number of aromatic nitrogens is 2. The van der Waals surface area contributed by atoms with Crippen LogP contribution in [-0.2, 0) is 4.79 Å². The van der Waals surface area contributed by atoms with E-state index < -0.39 is 6.10 Å². The molecule has 116 valence electrons. The molecule has 0 aliphatic heterocycles. The molecule has 3 atom stereocenters. The number of imidazole rings is 1. The Morgan fingerprint density at radius 2 is 2.24 bits per heavy atom. The molecule has 0 radical (unpaired) electrons. The minimum atomic E-state index is -0.401. The fraction of sp³-hybridized carbons (Fsp3) is 0.750. The standard InChI is InChI=1S/C16H25N3O2/c20-12(6-11-4-2-1-3-5-11)8-18-16(21)14-7-13(14)15-9-17-10-19-15/h9-14,20H,1-8H2,(H,17,19)(H,18,21). The smallest absolute Gasteiger partial charge is 0.223 e. The number of hydrogen-bond acceptors (Lipinski definition) is 3. The Kier molecular flexibility index (Phi) is 4.58. The summed E-state index contributed by atoms with van der Waals surface area (Å²) in [6.07, 6.45) is 11.1. The Bertz CT molecular complexity index is 454. The number of carbonyl (C=O) groups is 1. The van der Waals surface area contributed by atoms with Crippen molar-refractivity contribution in [3.8, 4) is 0 Å². The van der Waals surface area contributed by atoms with Gasteiger partial charge in [0, 0.05) is 30.3 Å². The molecule has 2 aliphatic rings. The minimum Gasteiger partial charge on any atom is -0.391 e. The van der Waals surface area contributed by atoms with E-state index in [2.05, 4.69) is 15.3 Å². The van der Waals surface area contributed by atoms with Gasteiger partial charge in [0.05, 0.1) is 12.4 Å². The lowest BCUT2D eigenvalue weighted by molar-refractivity contribution is -0.122.